The molecule has 2 aromatic rings. The molecule has 1 saturated heterocycles. The van der Waals surface area contributed by atoms with Crippen LogP contribution in [0.15, 0.2) is 5.16 Å². The number of rotatable bonds is 5. The van der Waals surface area contributed by atoms with Gasteiger partial charge in [-0.2, -0.15) is 4.98 Å². The lowest BCUT2D eigenvalue weighted by Gasteiger charge is -2.09. The third kappa shape index (κ3) is 3.20. The van der Waals surface area contributed by atoms with Crippen LogP contribution in [0.4, 0.5) is 0 Å². The van der Waals surface area contributed by atoms with Gasteiger partial charge in [0.15, 0.2) is 0 Å². The van der Waals surface area contributed by atoms with Gasteiger partial charge in [0.1, 0.15) is 11.4 Å². The molecule has 0 aromatic carbocycles. The number of cyclic esters (lactones) is 1. The van der Waals surface area contributed by atoms with E-state index in [0.717, 1.165) is 30.7 Å². The predicted octanol–water partition coefficient (Wildman–Crippen LogP) is 2.88. The Morgan fingerprint density at radius 2 is 2.13 bits per heavy atom. The number of fused-ring (bicyclic) bond motifs is 1. The molecule has 0 saturated carbocycles. The third-order valence-corrected chi connectivity index (χ3v) is 5.24. The molecule has 2 atom stereocenters. The zero-order valence-electron chi connectivity index (χ0n) is 14.0. The first-order valence-electron chi connectivity index (χ1n) is 8.09. The molecule has 1 aliphatic heterocycles. The number of ether oxygens (including phenoxy) is 1. The molecule has 0 radical (unpaired) electrons. The maximum absolute atomic E-state index is 11.8. The number of unbranched alkanes of at least 4 members (excludes halogenated alkanes) is 1. The van der Waals surface area contributed by atoms with Crippen molar-refractivity contribution in [2.45, 2.75) is 69.9 Å². The lowest BCUT2D eigenvalue weighted by molar-refractivity contribution is -0.140. The quantitative estimate of drug-likeness (QED) is 0.783. The summed E-state index contributed by atoms with van der Waals surface area (Å²) < 4.78 is 6.98. The number of carbonyl (C=O) groups excluding carboxylic acids is 1. The van der Waals surface area contributed by atoms with Crippen LogP contribution in [-0.2, 0) is 16.0 Å². The van der Waals surface area contributed by atoms with Crippen molar-refractivity contribution < 1.29 is 9.53 Å². The summed E-state index contributed by atoms with van der Waals surface area (Å²) >= 11 is 1.37. The van der Waals surface area contributed by atoms with Crippen LogP contribution in [0.5, 0.6) is 0 Å². The Labute approximate surface area is 140 Å². The Hall–Kier alpha value is -1.63. The zero-order chi connectivity index (χ0) is 16.6. The van der Waals surface area contributed by atoms with Crippen LogP contribution in [0, 0.1) is 13.8 Å². The molecule has 0 unspecified atom stereocenters. The van der Waals surface area contributed by atoms with E-state index >= 15 is 0 Å². The van der Waals surface area contributed by atoms with Gasteiger partial charge in [-0.25, -0.2) is 9.50 Å². The van der Waals surface area contributed by atoms with Crippen LogP contribution in [0.2, 0.25) is 0 Å². The Bertz CT molecular complexity index is 743. The predicted molar refractivity (Wildman–Crippen MR) is 88.7 cm³/mol. The van der Waals surface area contributed by atoms with E-state index in [0.29, 0.717) is 17.4 Å². The van der Waals surface area contributed by atoms with Crippen LogP contribution in [0.3, 0.4) is 0 Å². The van der Waals surface area contributed by atoms with Crippen LogP contribution in [0.1, 0.15) is 50.1 Å². The standard InChI is InChI=1S/C16H22N4O2S/c1-5-6-7-12-10(3)17-15-18-16(19-20(15)11(12)4)23-13-8-9(2)22-14(13)21/h9,13H,5-8H2,1-4H3/t9-,13+/m1/s1. The minimum Gasteiger partial charge on any atom is -0.462 e. The topological polar surface area (TPSA) is 69.4 Å². The molecule has 1 aliphatic rings. The van der Waals surface area contributed by atoms with Crippen molar-refractivity contribution >= 4 is 23.5 Å². The van der Waals surface area contributed by atoms with Gasteiger partial charge in [0.2, 0.25) is 5.16 Å². The largest absolute Gasteiger partial charge is 0.462 e. The van der Waals surface area contributed by atoms with E-state index in [1.165, 1.54) is 17.3 Å². The van der Waals surface area contributed by atoms with Crippen LogP contribution < -0.4 is 0 Å². The number of hydrogen-bond donors (Lipinski definition) is 0. The molecule has 23 heavy (non-hydrogen) atoms. The second-order valence-corrected chi connectivity index (χ2v) is 7.23. The summed E-state index contributed by atoms with van der Waals surface area (Å²) in [6.07, 6.45) is 3.96. The number of hydrogen-bond acceptors (Lipinski definition) is 6. The van der Waals surface area contributed by atoms with E-state index in [-0.39, 0.29) is 17.3 Å². The number of aryl methyl sites for hydroxylation is 2. The minimum atomic E-state index is -0.219. The van der Waals surface area contributed by atoms with Gasteiger partial charge in [-0.1, -0.05) is 25.1 Å². The van der Waals surface area contributed by atoms with Crippen LogP contribution in [0.25, 0.3) is 5.78 Å². The molecule has 0 amide bonds. The van der Waals surface area contributed by atoms with E-state index in [1.807, 2.05) is 13.8 Å². The van der Waals surface area contributed by atoms with Crippen LogP contribution >= 0.6 is 11.8 Å². The maximum Gasteiger partial charge on any atom is 0.319 e. The highest BCUT2D eigenvalue weighted by molar-refractivity contribution is 8.00. The average molecular weight is 334 g/mol. The highest BCUT2D eigenvalue weighted by Crippen LogP contribution is 2.30. The summed E-state index contributed by atoms with van der Waals surface area (Å²) in [7, 11) is 0. The number of carbonyl (C=O) groups is 1. The number of thioether (sulfide) groups is 1. The van der Waals surface area contributed by atoms with Gasteiger partial charge < -0.3 is 4.74 Å². The van der Waals surface area contributed by atoms with E-state index < -0.39 is 0 Å². The number of aromatic nitrogens is 4. The SMILES string of the molecule is CCCCc1c(C)nc2nc(S[C@H]3C[C@@H](C)OC3=O)nn2c1C. The van der Waals surface area contributed by atoms with Crippen LogP contribution in [-0.4, -0.2) is 36.9 Å². The highest BCUT2D eigenvalue weighted by Gasteiger charge is 2.33. The smallest absolute Gasteiger partial charge is 0.319 e. The van der Waals surface area contributed by atoms with E-state index in [2.05, 4.69) is 28.9 Å². The van der Waals surface area contributed by atoms with Gasteiger partial charge in [0.25, 0.3) is 5.78 Å². The van der Waals surface area contributed by atoms with Crippen molar-refractivity contribution in [2.75, 3.05) is 0 Å². The molecule has 3 rings (SSSR count). The lowest BCUT2D eigenvalue weighted by Crippen LogP contribution is -2.09. The first-order chi connectivity index (χ1) is 11.0. The highest BCUT2D eigenvalue weighted by atomic mass is 32.2. The van der Waals surface area contributed by atoms with Crippen molar-refractivity contribution in [3.05, 3.63) is 17.0 Å². The number of esters is 1. The molecule has 2 aromatic heterocycles. The van der Waals surface area contributed by atoms with E-state index in [9.17, 15) is 4.79 Å². The van der Waals surface area contributed by atoms with E-state index in [4.69, 9.17) is 4.74 Å². The molecule has 124 valence electrons. The van der Waals surface area contributed by atoms with Gasteiger partial charge in [-0.15, -0.1) is 5.10 Å². The van der Waals surface area contributed by atoms with Gasteiger partial charge >= 0.3 is 5.97 Å². The molecule has 6 nitrogen and oxygen atoms in total. The van der Waals surface area contributed by atoms with Crippen molar-refractivity contribution in [3.63, 3.8) is 0 Å². The average Bonchev–Trinajstić information content (AvgIpc) is 3.02. The Balaban J connectivity index is 1.89. The Morgan fingerprint density at radius 3 is 2.78 bits per heavy atom. The van der Waals surface area contributed by atoms with Crippen molar-refractivity contribution in [3.8, 4) is 0 Å². The van der Waals surface area contributed by atoms with Gasteiger partial charge in [-0.05, 0) is 39.2 Å². The van der Waals surface area contributed by atoms with Crippen molar-refractivity contribution in [2.24, 2.45) is 0 Å². The minimum absolute atomic E-state index is 0.0280. The molecular formula is C16H22N4O2S. The lowest BCUT2D eigenvalue weighted by atomic mass is 10.1. The molecule has 0 N–H and O–H groups in total. The summed E-state index contributed by atoms with van der Waals surface area (Å²) in [6.45, 7) is 8.17. The number of nitrogens with zero attached hydrogens (tertiary/aromatic N) is 4. The molecule has 0 spiro atoms. The fraction of sp³-hybridized carbons (Fsp3) is 0.625. The molecule has 0 bridgehead atoms. The van der Waals surface area contributed by atoms with Crippen molar-refractivity contribution in [1.82, 2.24) is 19.6 Å². The third-order valence-electron chi connectivity index (χ3n) is 4.18. The fourth-order valence-electron chi connectivity index (χ4n) is 2.90. The van der Waals surface area contributed by atoms with Gasteiger partial charge in [0.05, 0.1) is 0 Å². The van der Waals surface area contributed by atoms with E-state index in [1.54, 1.807) is 4.52 Å². The Kier molecular flexibility index (Phi) is 4.57. The first-order valence-corrected chi connectivity index (χ1v) is 8.97. The summed E-state index contributed by atoms with van der Waals surface area (Å²) in [5, 5.41) is 4.91. The summed E-state index contributed by atoms with van der Waals surface area (Å²) in [4.78, 5) is 20.8. The van der Waals surface area contributed by atoms with Gasteiger partial charge in [0, 0.05) is 17.8 Å². The second-order valence-electron chi connectivity index (χ2n) is 6.06. The summed E-state index contributed by atoms with van der Waals surface area (Å²) in [5.74, 6) is 0.424. The maximum atomic E-state index is 11.8. The molecule has 7 heteroatoms. The summed E-state index contributed by atoms with van der Waals surface area (Å²) in [5.41, 5.74) is 3.35. The van der Waals surface area contributed by atoms with Gasteiger partial charge in [-0.3, -0.25) is 4.79 Å². The fourth-order valence-corrected chi connectivity index (χ4v) is 3.94. The zero-order valence-corrected chi connectivity index (χ0v) is 14.8. The molecule has 1 fully saturated rings. The molecule has 3 heterocycles. The monoisotopic (exact) mass is 334 g/mol. The summed E-state index contributed by atoms with van der Waals surface area (Å²) in [6, 6.07) is 0. The first kappa shape index (κ1) is 16.2. The normalized spacial score (nSPS) is 21.1. The second kappa shape index (κ2) is 6.47. The van der Waals surface area contributed by atoms with Crippen molar-refractivity contribution in [1.29, 1.82) is 0 Å². The molecule has 0 aliphatic carbocycles. The Morgan fingerprint density at radius 1 is 1.35 bits per heavy atom. The molecular weight excluding hydrogens is 312 g/mol.